The van der Waals surface area contributed by atoms with E-state index in [4.69, 9.17) is 9.84 Å². The van der Waals surface area contributed by atoms with Gasteiger partial charge in [-0.2, -0.15) is 13.2 Å². The van der Waals surface area contributed by atoms with Gasteiger partial charge in [-0.25, -0.2) is 4.79 Å². The molecule has 0 atom stereocenters. The van der Waals surface area contributed by atoms with E-state index in [1.807, 2.05) is 45.1 Å². The molecule has 0 bridgehead atoms. The van der Waals surface area contributed by atoms with E-state index in [1.165, 1.54) is 24.1 Å². The number of alkyl halides is 3. The number of nitrogens with zero attached hydrogens (tertiary/aromatic N) is 1. The van der Waals surface area contributed by atoms with Crippen LogP contribution in [0.25, 0.3) is 0 Å². The molecule has 1 N–H and O–H groups in total. The molecule has 1 aliphatic rings. The van der Waals surface area contributed by atoms with Gasteiger partial charge in [0.05, 0.1) is 5.57 Å². The van der Waals surface area contributed by atoms with Gasteiger partial charge in [-0.15, -0.1) is 0 Å². The first kappa shape index (κ1) is 31.0. The SMILES string of the molecule is C/C=C(\C)C/C=C\C(=C/C)C(F)(F)F.C=C(/C=C\C)CN1CCc2ccc(OCC(=O)O)cc2CC1. The highest BCUT2D eigenvalue weighted by Crippen LogP contribution is 2.26. The highest BCUT2D eigenvalue weighted by Gasteiger charge is 2.30. The van der Waals surface area contributed by atoms with E-state index in [-0.39, 0.29) is 6.61 Å². The molecule has 1 aliphatic heterocycles. The summed E-state index contributed by atoms with van der Waals surface area (Å²) in [5, 5.41) is 8.68. The molecule has 0 aliphatic carbocycles. The third-order valence-electron chi connectivity index (χ3n) is 5.63. The van der Waals surface area contributed by atoms with E-state index in [9.17, 15) is 18.0 Å². The van der Waals surface area contributed by atoms with Crippen LogP contribution in [-0.4, -0.2) is 48.4 Å². The van der Waals surface area contributed by atoms with Crippen molar-refractivity contribution in [3.8, 4) is 5.75 Å². The summed E-state index contributed by atoms with van der Waals surface area (Å²) in [7, 11) is 0. The number of benzene rings is 1. The Bertz CT molecular complexity index is 988. The molecule has 7 heteroatoms. The highest BCUT2D eigenvalue weighted by atomic mass is 19.4. The Kier molecular flexibility index (Phi) is 13.6. The summed E-state index contributed by atoms with van der Waals surface area (Å²) in [4.78, 5) is 13.0. The van der Waals surface area contributed by atoms with Gasteiger partial charge in [-0.05, 0) is 75.8 Å². The van der Waals surface area contributed by atoms with Crippen LogP contribution >= 0.6 is 0 Å². The van der Waals surface area contributed by atoms with Gasteiger partial charge in [0.1, 0.15) is 5.75 Å². The van der Waals surface area contributed by atoms with Crippen LogP contribution in [0.3, 0.4) is 0 Å². The van der Waals surface area contributed by atoms with Crippen molar-refractivity contribution in [1.82, 2.24) is 4.90 Å². The average Bonchev–Trinajstić information content (AvgIpc) is 3.02. The first-order chi connectivity index (χ1) is 17.0. The van der Waals surface area contributed by atoms with E-state index in [0.717, 1.165) is 55.8 Å². The van der Waals surface area contributed by atoms with E-state index < -0.39 is 17.7 Å². The molecule has 0 fully saturated rings. The maximum absolute atomic E-state index is 12.2. The van der Waals surface area contributed by atoms with E-state index >= 15 is 0 Å². The van der Waals surface area contributed by atoms with Crippen molar-refractivity contribution in [2.75, 3.05) is 26.2 Å². The zero-order valence-corrected chi connectivity index (χ0v) is 21.7. The lowest BCUT2D eigenvalue weighted by atomic mass is 10.0. The summed E-state index contributed by atoms with van der Waals surface area (Å²) in [6.07, 6.45) is 7.93. The van der Waals surface area contributed by atoms with Crippen molar-refractivity contribution >= 4 is 5.97 Å². The quantitative estimate of drug-likeness (QED) is 0.288. The van der Waals surface area contributed by atoms with Crippen molar-refractivity contribution in [3.05, 3.63) is 89.1 Å². The predicted octanol–water partition coefficient (Wildman–Crippen LogP) is 7.09. The Labute approximate surface area is 213 Å². The number of carboxylic acids is 1. The zero-order chi connectivity index (χ0) is 27.1. The maximum Gasteiger partial charge on any atom is 0.416 e. The number of aliphatic carboxylic acids is 1. The monoisotopic (exact) mass is 505 g/mol. The number of ether oxygens (including phenoxy) is 1. The molecule has 0 saturated heterocycles. The minimum Gasteiger partial charge on any atom is -0.482 e. The van der Waals surface area contributed by atoms with Crippen LogP contribution in [0.4, 0.5) is 13.2 Å². The lowest BCUT2D eigenvalue weighted by Gasteiger charge is -2.19. The molecule has 0 unspecified atom stereocenters. The van der Waals surface area contributed by atoms with Crippen LogP contribution in [0, 0.1) is 0 Å². The summed E-state index contributed by atoms with van der Waals surface area (Å²) in [5.41, 5.74) is 4.16. The molecule has 1 aromatic rings. The van der Waals surface area contributed by atoms with Crippen LogP contribution in [0.1, 0.15) is 45.2 Å². The maximum atomic E-state index is 12.2. The molecule has 198 valence electrons. The lowest BCUT2D eigenvalue weighted by molar-refractivity contribution is -0.139. The second kappa shape index (κ2) is 15.8. The highest BCUT2D eigenvalue weighted by molar-refractivity contribution is 5.68. The number of hydrogen-bond acceptors (Lipinski definition) is 3. The Morgan fingerprint density at radius 1 is 1.11 bits per heavy atom. The molecule has 0 saturated carbocycles. The summed E-state index contributed by atoms with van der Waals surface area (Å²) in [6, 6.07) is 5.88. The number of halogens is 3. The van der Waals surface area contributed by atoms with Gasteiger partial charge in [-0.3, -0.25) is 4.90 Å². The molecule has 0 amide bonds. The number of allylic oxidation sites excluding steroid dienone is 7. The van der Waals surface area contributed by atoms with Gasteiger partial charge in [0.2, 0.25) is 0 Å². The van der Waals surface area contributed by atoms with Crippen molar-refractivity contribution < 1.29 is 27.8 Å². The molecular formula is C29H38F3NO3. The van der Waals surface area contributed by atoms with Crippen LogP contribution < -0.4 is 4.74 Å². The molecule has 0 spiro atoms. The van der Waals surface area contributed by atoms with Crippen molar-refractivity contribution in [2.24, 2.45) is 0 Å². The second-order valence-corrected chi connectivity index (χ2v) is 8.53. The van der Waals surface area contributed by atoms with Gasteiger partial charge in [0.15, 0.2) is 6.61 Å². The Balaban J connectivity index is 0.000000402. The first-order valence-corrected chi connectivity index (χ1v) is 12.0. The van der Waals surface area contributed by atoms with Gasteiger partial charge in [0.25, 0.3) is 0 Å². The van der Waals surface area contributed by atoms with E-state index in [0.29, 0.717) is 12.2 Å². The van der Waals surface area contributed by atoms with Gasteiger partial charge in [0, 0.05) is 19.6 Å². The molecule has 36 heavy (non-hydrogen) atoms. The topological polar surface area (TPSA) is 49.8 Å². The predicted molar refractivity (Wildman–Crippen MR) is 140 cm³/mol. The fraction of sp³-hybridized carbons (Fsp3) is 0.414. The van der Waals surface area contributed by atoms with Gasteiger partial charge >= 0.3 is 12.1 Å². The summed E-state index contributed by atoms with van der Waals surface area (Å²) >= 11 is 0. The summed E-state index contributed by atoms with van der Waals surface area (Å²) in [5.74, 6) is -0.323. The van der Waals surface area contributed by atoms with E-state index in [1.54, 1.807) is 0 Å². The zero-order valence-electron chi connectivity index (χ0n) is 21.7. The number of rotatable bonds is 9. The van der Waals surface area contributed by atoms with Crippen molar-refractivity contribution in [3.63, 3.8) is 0 Å². The van der Waals surface area contributed by atoms with Gasteiger partial charge < -0.3 is 9.84 Å². The van der Waals surface area contributed by atoms with Crippen molar-refractivity contribution in [1.29, 1.82) is 0 Å². The largest absolute Gasteiger partial charge is 0.482 e. The Hall–Kier alpha value is -3.06. The molecule has 2 rings (SSSR count). The molecule has 0 aromatic heterocycles. The third-order valence-corrected chi connectivity index (χ3v) is 5.63. The number of carboxylic acid groups (broad SMARTS) is 1. The molecule has 4 nitrogen and oxygen atoms in total. The van der Waals surface area contributed by atoms with Crippen LogP contribution in [0.2, 0.25) is 0 Å². The summed E-state index contributed by atoms with van der Waals surface area (Å²) in [6.45, 7) is 13.8. The van der Waals surface area contributed by atoms with Crippen LogP contribution in [-0.2, 0) is 17.6 Å². The van der Waals surface area contributed by atoms with Gasteiger partial charge in [-0.1, -0.05) is 54.7 Å². The normalized spacial score (nSPS) is 15.3. The Morgan fingerprint density at radius 2 is 1.78 bits per heavy atom. The van der Waals surface area contributed by atoms with Crippen LogP contribution in [0.5, 0.6) is 5.75 Å². The smallest absolute Gasteiger partial charge is 0.416 e. The van der Waals surface area contributed by atoms with E-state index in [2.05, 4.69) is 23.6 Å². The fourth-order valence-electron chi connectivity index (χ4n) is 3.56. The second-order valence-electron chi connectivity index (χ2n) is 8.53. The molecule has 1 heterocycles. The number of hydrogen-bond donors (Lipinski definition) is 1. The van der Waals surface area contributed by atoms with Crippen LogP contribution in [0.15, 0.2) is 78.0 Å². The summed E-state index contributed by atoms with van der Waals surface area (Å²) < 4.78 is 41.8. The fourth-order valence-corrected chi connectivity index (χ4v) is 3.56. The third kappa shape index (κ3) is 12.1. The number of carbonyl (C=O) groups is 1. The van der Waals surface area contributed by atoms with Crippen molar-refractivity contribution in [2.45, 2.75) is 53.1 Å². The minimum atomic E-state index is -4.24. The molecule has 0 radical (unpaired) electrons. The first-order valence-electron chi connectivity index (χ1n) is 12.0. The molecule has 1 aromatic carbocycles. The standard InChI is InChI=1S/C18H23NO3.C11H15F3/c1-3-4-14(2)12-19-9-7-15-5-6-17(22-13-18(20)21)11-16(15)8-10-19;1-4-9(3)7-6-8-10(5-2)11(12,13)14/h3-6,11H,2,7-10,12-13H2,1H3,(H,20,21);4-6,8H,7H2,1-3H3/b4-3-;8-6-,9-4+,10-5+. The minimum absolute atomic E-state index is 0.298. The molecular weight excluding hydrogens is 467 g/mol. The number of fused-ring (bicyclic) bond motifs is 1. The Morgan fingerprint density at radius 3 is 2.33 bits per heavy atom. The lowest BCUT2D eigenvalue weighted by Crippen LogP contribution is -2.28. The average molecular weight is 506 g/mol.